The van der Waals surface area contributed by atoms with Crippen LogP contribution in [0.2, 0.25) is 25.2 Å². The highest BCUT2D eigenvalue weighted by atomic mass is 34.0. The van der Waals surface area contributed by atoms with E-state index in [9.17, 15) is 0 Å². The van der Waals surface area contributed by atoms with E-state index in [-0.39, 0.29) is 0 Å². The van der Waals surface area contributed by atoms with Gasteiger partial charge in [0.15, 0.2) is 0 Å². The molecule has 0 aliphatic carbocycles. The molecule has 0 aliphatic heterocycles. The molecule has 0 aromatic carbocycles. The largest absolute Gasteiger partial charge is 0.398 e. The summed E-state index contributed by atoms with van der Waals surface area (Å²) in [6.07, 6.45) is 4.68. The molecule has 0 aromatic heterocycles. The van der Waals surface area contributed by atoms with Crippen molar-refractivity contribution >= 4 is 97.7 Å². The predicted octanol–water partition coefficient (Wildman–Crippen LogP) is 9.32. The first-order chi connectivity index (χ1) is 14.3. The third kappa shape index (κ3) is 15.9. The summed E-state index contributed by atoms with van der Waals surface area (Å²) >= 11 is 0. The van der Waals surface area contributed by atoms with Crippen molar-refractivity contribution in [3.63, 3.8) is 0 Å². The van der Waals surface area contributed by atoms with Crippen molar-refractivity contribution in [2.24, 2.45) is 0 Å². The van der Waals surface area contributed by atoms with Gasteiger partial charge in [0, 0.05) is 38.9 Å². The minimum Gasteiger partial charge on any atom is -0.398 e. The summed E-state index contributed by atoms with van der Waals surface area (Å²) in [6, 6.07) is 2.11. The molecule has 0 aromatic rings. The Morgan fingerprint density at radius 1 is 0.567 bits per heavy atom. The van der Waals surface area contributed by atoms with Gasteiger partial charge in [-0.3, -0.25) is 0 Å². The molecule has 0 spiro atoms. The first kappa shape index (κ1) is 33.1. The van der Waals surface area contributed by atoms with Crippen LogP contribution in [0.25, 0.3) is 0 Å². The summed E-state index contributed by atoms with van der Waals surface area (Å²) in [5, 5.41) is 1.31. The van der Waals surface area contributed by atoms with E-state index < -0.39 is 17.1 Å². The van der Waals surface area contributed by atoms with E-state index in [0.29, 0.717) is 10.5 Å². The molecule has 182 valence electrons. The molecule has 0 fully saturated rings. The van der Waals surface area contributed by atoms with Gasteiger partial charge in [0.25, 0.3) is 0 Å². The molecule has 0 saturated heterocycles. The molecule has 0 radical (unpaired) electrons. The summed E-state index contributed by atoms with van der Waals surface area (Å²) in [4.78, 5) is 0. The van der Waals surface area contributed by atoms with Crippen molar-refractivity contribution in [3.05, 3.63) is 0 Å². The second kappa shape index (κ2) is 20.3. The third-order valence-corrected chi connectivity index (χ3v) is 27.3. The fourth-order valence-electron chi connectivity index (χ4n) is 2.25. The SMILES string of the molecule is CCC(CC[Si](C)(OC)OC)SSSSSSSSC(CC)CC[Si](C)(OC)OC. The Labute approximate surface area is 217 Å². The highest BCUT2D eigenvalue weighted by Crippen LogP contribution is 2.58. The van der Waals surface area contributed by atoms with E-state index in [4.69, 9.17) is 17.7 Å². The van der Waals surface area contributed by atoms with Crippen LogP contribution in [0.5, 0.6) is 0 Å². The number of hydrogen-bond acceptors (Lipinski definition) is 12. The molecule has 30 heavy (non-hydrogen) atoms. The van der Waals surface area contributed by atoms with E-state index in [2.05, 4.69) is 26.9 Å². The Hall–Kier alpha value is 3.07. The molecule has 2 unspecified atom stereocenters. The van der Waals surface area contributed by atoms with E-state index >= 15 is 0 Å². The average molecular weight is 607 g/mol. The minimum absolute atomic E-state index is 0.654. The molecule has 0 bridgehead atoms. The Morgan fingerprint density at radius 2 is 0.867 bits per heavy atom. The van der Waals surface area contributed by atoms with Crippen LogP contribution in [0, 0.1) is 0 Å². The van der Waals surface area contributed by atoms with Gasteiger partial charge in [-0.05, 0) is 110 Å². The molecule has 14 heteroatoms. The Kier molecular flexibility index (Phi) is 22.4. The summed E-state index contributed by atoms with van der Waals surface area (Å²) in [5.41, 5.74) is 0. The van der Waals surface area contributed by atoms with Gasteiger partial charge >= 0.3 is 17.1 Å². The maximum absolute atomic E-state index is 5.60. The lowest BCUT2D eigenvalue weighted by Gasteiger charge is -2.24. The van der Waals surface area contributed by atoms with Gasteiger partial charge in [-0.25, -0.2) is 0 Å². The van der Waals surface area contributed by atoms with Crippen molar-refractivity contribution in [1.82, 2.24) is 0 Å². The first-order valence-corrected chi connectivity index (χ1v) is 25.2. The molecule has 2 atom stereocenters. The molecule has 0 heterocycles. The van der Waals surface area contributed by atoms with Gasteiger partial charge in [-0.15, -0.1) is 0 Å². The number of rotatable bonds is 21. The predicted molar refractivity (Wildman–Crippen MR) is 159 cm³/mol. The van der Waals surface area contributed by atoms with E-state index in [1.807, 2.05) is 80.5 Å². The van der Waals surface area contributed by atoms with E-state index in [1.54, 1.807) is 28.4 Å². The second-order valence-corrected chi connectivity index (χ2v) is 27.5. The van der Waals surface area contributed by atoms with Crippen molar-refractivity contribution in [2.75, 3.05) is 28.4 Å². The minimum atomic E-state index is -1.94. The second-order valence-electron chi connectivity index (χ2n) is 6.82. The van der Waals surface area contributed by atoms with Crippen molar-refractivity contribution in [2.45, 2.75) is 75.2 Å². The maximum Gasteiger partial charge on any atom is 0.334 e. The molecule has 0 N–H and O–H groups in total. The molecule has 4 nitrogen and oxygen atoms in total. The first-order valence-electron chi connectivity index (χ1n) is 9.84. The molecule has 0 amide bonds. The molecular weight excluding hydrogens is 569 g/mol. The maximum atomic E-state index is 5.60. The van der Waals surface area contributed by atoms with Gasteiger partial charge < -0.3 is 17.7 Å². The smallest absolute Gasteiger partial charge is 0.334 e. The van der Waals surface area contributed by atoms with Crippen molar-refractivity contribution in [1.29, 1.82) is 0 Å². The molecule has 0 aliphatic rings. The van der Waals surface area contributed by atoms with Gasteiger partial charge in [-0.1, -0.05) is 35.4 Å². The fraction of sp³-hybridized carbons (Fsp3) is 1.00. The average Bonchev–Trinajstić information content (AvgIpc) is 2.78. The van der Waals surface area contributed by atoms with E-state index in [1.165, 1.54) is 12.8 Å². The summed E-state index contributed by atoms with van der Waals surface area (Å²) in [6.45, 7) is 8.82. The monoisotopic (exact) mass is 606 g/mol. The summed E-state index contributed by atoms with van der Waals surface area (Å²) in [7, 11) is 18.4. The molecule has 0 rings (SSSR count). The van der Waals surface area contributed by atoms with Crippen molar-refractivity contribution < 1.29 is 17.7 Å². The van der Waals surface area contributed by atoms with Crippen LogP contribution in [-0.4, -0.2) is 56.1 Å². The Balaban J connectivity index is 3.82. The van der Waals surface area contributed by atoms with Gasteiger partial charge in [0.1, 0.15) is 0 Å². The van der Waals surface area contributed by atoms with Crippen LogP contribution in [-0.2, 0) is 17.7 Å². The Bertz CT molecular complexity index is 373. The van der Waals surface area contributed by atoms with Crippen molar-refractivity contribution in [3.8, 4) is 0 Å². The van der Waals surface area contributed by atoms with Gasteiger partial charge in [0.05, 0.1) is 0 Å². The lowest BCUT2D eigenvalue weighted by molar-refractivity contribution is 0.248. The van der Waals surface area contributed by atoms with E-state index in [0.717, 1.165) is 24.9 Å². The zero-order valence-electron chi connectivity index (χ0n) is 19.3. The van der Waals surface area contributed by atoms with Crippen LogP contribution in [0.3, 0.4) is 0 Å². The quantitative estimate of drug-likeness (QED) is 0.0709. The standard InChI is InChI=1S/C16H38O4S8Si2/c1-9-15(11-13-29(7,17-3)18-4)21-23-25-27-28-26-24-22-16(10-2)12-14-30(8,19-5)20-6/h15-16H,9-14H2,1-8H3. The summed E-state index contributed by atoms with van der Waals surface area (Å²) in [5.74, 6) is 0. The zero-order chi connectivity index (χ0) is 22.9. The van der Waals surface area contributed by atoms with Crippen LogP contribution < -0.4 is 0 Å². The number of hydrogen-bond donors (Lipinski definition) is 0. The topological polar surface area (TPSA) is 36.9 Å². The fourth-order valence-corrected chi connectivity index (χ4v) is 24.1. The lowest BCUT2D eigenvalue weighted by atomic mass is 10.3. The Morgan fingerprint density at radius 3 is 1.13 bits per heavy atom. The normalized spacial score (nSPS) is 14.8. The highest BCUT2D eigenvalue weighted by molar-refractivity contribution is 9.48. The zero-order valence-corrected chi connectivity index (χ0v) is 27.8. The van der Waals surface area contributed by atoms with Crippen LogP contribution in [0.1, 0.15) is 39.5 Å². The summed E-state index contributed by atoms with van der Waals surface area (Å²) < 4.78 is 22.4. The third-order valence-electron chi connectivity index (χ3n) is 4.97. The van der Waals surface area contributed by atoms with Crippen LogP contribution >= 0.6 is 80.5 Å². The lowest BCUT2D eigenvalue weighted by Crippen LogP contribution is -2.36. The molecular formula is C16H38O4S8Si2. The van der Waals surface area contributed by atoms with Gasteiger partial charge in [-0.2, -0.15) is 0 Å². The highest BCUT2D eigenvalue weighted by Gasteiger charge is 2.30. The van der Waals surface area contributed by atoms with Gasteiger partial charge in [0.2, 0.25) is 0 Å². The molecule has 0 saturated carbocycles. The van der Waals surface area contributed by atoms with Crippen LogP contribution in [0.15, 0.2) is 0 Å². The van der Waals surface area contributed by atoms with Crippen LogP contribution in [0.4, 0.5) is 0 Å².